The molecule has 0 unspecified atom stereocenters. The first-order valence-electron chi connectivity index (χ1n) is 5.17. The van der Waals surface area contributed by atoms with Gasteiger partial charge in [0.2, 0.25) is 0 Å². The average Bonchev–Trinajstić information content (AvgIpc) is 2.81. The summed E-state index contributed by atoms with van der Waals surface area (Å²) >= 11 is 7.17. The summed E-state index contributed by atoms with van der Waals surface area (Å²) < 4.78 is 4.63. The average molecular weight is 283 g/mol. The number of halogens is 1. The number of esters is 1. The molecule has 0 saturated heterocycles. The molecule has 94 valence electrons. The lowest BCUT2D eigenvalue weighted by atomic mass is 10.2. The van der Waals surface area contributed by atoms with E-state index in [4.69, 9.17) is 11.6 Å². The van der Waals surface area contributed by atoms with Gasteiger partial charge in [-0.15, -0.1) is 0 Å². The normalized spacial score (nSPS) is 10.2. The minimum atomic E-state index is -0.386. The van der Waals surface area contributed by atoms with Crippen LogP contribution in [0.2, 0.25) is 5.02 Å². The number of aryl methyl sites for hydroxylation is 1. The van der Waals surface area contributed by atoms with E-state index in [9.17, 15) is 4.79 Å². The number of rotatable bonds is 3. The van der Waals surface area contributed by atoms with Gasteiger partial charge in [0, 0.05) is 10.7 Å². The van der Waals surface area contributed by atoms with Gasteiger partial charge in [-0.25, -0.2) is 9.78 Å². The number of anilines is 2. The number of thiazole rings is 1. The molecule has 6 heteroatoms. The van der Waals surface area contributed by atoms with Gasteiger partial charge in [0.25, 0.3) is 0 Å². The molecule has 0 aliphatic rings. The highest BCUT2D eigenvalue weighted by Crippen LogP contribution is 2.27. The van der Waals surface area contributed by atoms with Gasteiger partial charge in [0.15, 0.2) is 5.13 Å². The van der Waals surface area contributed by atoms with Crippen molar-refractivity contribution in [1.29, 1.82) is 0 Å². The van der Waals surface area contributed by atoms with E-state index in [1.807, 2.05) is 25.1 Å². The maximum absolute atomic E-state index is 11.3. The van der Waals surface area contributed by atoms with Crippen molar-refractivity contribution in [2.75, 3.05) is 12.4 Å². The van der Waals surface area contributed by atoms with E-state index in [1.54, 1.807) is 0 Å². The van der Waals surface area contributed by atoms with E-state index in [1.165, 1.54) is 24.6 Å². The summed E-state index contributed by atoms with van der Waals surface area (Å²) in [4.78, 5) is 15.9. The van der Waals surface area contributed by atoms with Crippen molar-refractivity contribution >= 4 is 39.7 Å². The van der Waals surface area contributed by atoms with Crippen LogP contribution in [0.25, 0.3) is 0 Å². The number of hydrogen-bond acceptors (Lipinski definition) is 5. The molecule has 0 fully saturated rings. The summed E-state index contributed by atoms with van der Waals surface area (Å²) in [6.07, 6.45) is 1.48. The summed E-state index contributed by atoms with van der Waals surface area (Å²) in [5, 5.41) is 4.40. The summed E-state index contributed by atoms with van der Waals surface area (Å²) in [5.74, 6) is -0.386. The van der Waals surface area contributed by atoms with Crippen molar-refractivity contribution in [3.05, 3.63) is 39.9 Å². The van der Waals surface area contributed by atoms with Crippen molar-refractivity contribution in [1.82, 2.24) is 4.98 Å². The molecule has 0 atom stereocenters. The van der Waals surface area contributed by atoms with E-state index < -0.39 is 0 Å². The first-order valence-corrected chi connectivity index (χ1v) is 6.37. The Labute approximate surface area is 114 Å². The predicted octanol–water partition coefficient (Wildman–Crippen LogP) is 3.64. The quantitative estimate of drug-likeness (QED) is 0.873. The SMILES string of the molecule is COC(=O)c1cnc(Nc2cc(Cl)ccc2C)s1. The zero-order valence-electron chi connectivity index (χ0n) is 9.86. The molecule has 1 aromatic heterocycles. The van der Waals surface area contributed by atoms with E-state index in [0.29, 0.717) is 15.0 Å². The summed E-state index contributed by atoms with van der Waals surface area (Å²) in [7, 11) is 1.34. The Morgan fingerprint density at radius 3 is 3.00 bits per heavy atom. The Morgan fingerprint density at radius 2 is 2.28 bits per heavy atom. The number of carbonyl (C=O) groups is 1. The van der Waals surface area contributed by atoms with E-state index in [-0.39, 0.29) is 5.97 Å². The summed E-state index contributed by atoms with van der Waals surface area (Å²) in [6, 6.07) is 5.55. The Balaban J connectivity index is 2.21. The number of hydrogen-bond donors (Lipinski definition) is 1. The summed E-state index contributed by atoms with van der Waals surface area (Å²) in [6.45, 7) is 1.97. The number of carbonyl (C=O) groups excluding carboxylic acids is 1. The van der Waals surface area contributed by atoms with Crippen molar-refractivity contribution in [3.8, 4) is 0 Å². The van der Waals surface area contributed by atoms with Crippen molar-refractivity contribution in [3.63, 3.8) is 0 Å². The lowest BCUT2D eigenvalue weighted by Gasteiger charge is -2.06. The number of nitrogens with zero attached hydrogens (tertiary/aromatic N) is 1. The fourth-order valence-electron chi connectivity index (χ4n) is 1.37. The van der Waals surface area contributed by atoms with Gasteiger partial charge in [-0.05, 0) is 24.6 Å². The van der Waals surface area contributed by atoms with Gasteiger partial charge in [0.1, 0.15) is 4.88 Å². The Bertz CT molecular complexity index is 583. The molecule has 1 heterocycles. The second-order valence-electron chi connectivity index (χ2n) is 3.61. The van der Waals surface area contributed by atoms with Gasteiger partial charge in [-0.3, -0.25) is 0 Å². The van der Waals surface area contributed by atoms with Gasteiger partial charge < -0.3 is 10.1 Å². The first kappa shape index (κ1) is 12.9. The highest BCUT2D eigenvalue weighted by atomic mass is 35.5. The first-order chi connectivity index (χ1) is 8.60. The number of aromatic nitrogens is 1. The Kier molecular flexibility index (Phi) is 3.84. The van der Waals surface area contributed by atoms with Gasteiger partial charge in [-0.2, -0.15) is 0 Å². The molecule has 0 radical (unpaired) electrons. The van der Waals surface area contributed by atoms with Gasteiger partial charge >= 0.3 is 5.97 Å². The van der Waals surface area contributed by atoms with Crippen molar-refractivity contribution in [2.24, 2.45) is 0 Å². The van der Waals surface area contributed by atoms with Crippen LogP contribution in [0.5, 0.6) is 0 Å². The maximum Gasteiger partial charge on any atom is 0.349 e. The molecule has 0 amide bonds. The van der Waals surface area contributed by atoms with Crippen LogP contribution in [0.1, 0.15) is 15.2 Å². The van der Waals surface area contributed by atoms with Crippen LogP contribution in [0.4, 0.5) is 10.8 Å². The van der Waals surface area contributed by atoms with Crippen LogP contribution < -0.4 is 5.32 Å². The monoisotopic (exact) mass is 282 g/mol. The standard InChI is InChI=1S/C12H11ClN2O2S/c1-7-3-4-8(13)5-9(7)15-12-14-6-10(18-12)11(16)17-2/h3-6H,1-2H3,(H,14,15). The van der Waals surface area contributed by atoms with Crippen LogP contribution >= 0.6 is 22.9 Å². The fraction of sp³-hybridized carbons (Fsp3) is 0.167. The van der Waals surface area contributed by atoms with Crippen LogP contribution in [-0.2, 0) is 4.74 Å². The van der Waals surface area contributed by atoms with Crippen LogP contribution in [0, 0.1) is 6.92 Å². The third kappa shape index (κ3) is 2.80. The third-order valence-corrected chi connectivity index (χ3v) is 3.46. The molecule has 0 spiro atoms. The van der Waals surface area contributed by atoms with Gasteiger partial charge in [-0.1, -0.05) is 29.0 Å². The molecule has 0 saturated carbocycles. The minimum absolute atomic E-state index is 0.386. The molecule has 0 aliphatic heterocycles. The lowest BCUT2D eigenvalue weighted by Crippen LogP contribution is -1.96. The second-order valence-corrected chi connectivity index (χ2v) is 5.07. The van der Waals surface area contributed by atoms with Crippen LogP contribution in [-0.4, -0.2) is 18.1 Å². The zero-order chi connectivity index (χ0) is 13.1. The number of methoxy groups -OCH3 is 1. The molecular weight excluding hydrogens is 272 g/mol. The molecule has 4 nitrogen and oxygen atoms in total. The molecule has 0 aliphatic carbocycles. The van der Waals surface area contributed by atoms with E-state index in [0.717, 1.165) is 11.3 Å². The maximum atomic E-state index is 11.3. The highest BCUT2D eigenvalue weighted by Gasteiger charge is 2.11. The van der Waals surface area contributed by atoms with Crippen molar-refractivity contribution in [2.45, 2.75) is 6.92 Å². The Hall–Kier alpha value is -1.59. The molecule has 18 heavy (non-hydrogen) atoms. The number of benzene rings is 1. The Morgan fingerprint density at radius 1 is 1.50 bits per heavy atom. The van der Waals surface area contributed by atoms with Crippen molar-refractivity contribution < 1.29 is 9.53 Å². The molecule has 2 rings (SSSR count). The number of nitrogens with one attached hydrogen (secondary N) is 1. The molecule has 0 bridgehead atoms. The van der Waals surface area contributed by atoms with E-state index >= 15 is 0 Å². The number of ether oxygens (including phenoxy) is 1. The fourth-order valence-corrected chi connectivity index (χ4v) is 2.29. The molecule has 1 N–H and O–H groups in total. The smallest absolute Gasteiger partial charge is 0.349 e. The molecule has 1 aromatic carbocycles. The zero-order valence-corrected chi connectivity index (χ0v) is 11.4. The lowest BCUT2D eigenvalue weighted by molar-refractivity contribution is 0.0606. The van der Waals surface area contributed by atoms with E-state index in [2.05, 4.69) is 15.0 Å². The minimum Gasteiger partial charge on any atom is -0.465 e. The molecular formula is C12H11ClN2O2S. The summed E-state index contributed by atoms with van der Waals surface area (Å²) in [5.41, 5.74) is 1.92. The van der Waals surface area contributed by atoms with Crippen LogP contribution in [0.3, 0.4) is 0 Å². The van der Waals surface area contributed by atoms with Crippen LogP contribution in [0.15, 0.2) is 24.4 Å². The highest BCUT2D eigenvalue weighted by molar-refractivity contribution is 7.17. The third-order valence-electron chi connectivity index (χ3n) is 2.33. The topological polar surface area (TPSA) is 51.2 Å². The predicted molar refractivity (Wildman–Crippen MR) is 72.9 cm³/mol. The van der Waals surface area contributed by atoms with Gasteiger partial charge in [0.05, 0.1) is 13.3 Å². The second kappa shape index (κ2) is 5.37. The largest absolute Gasteiger partial charge is 0.465 e. The molecule has 2 aromatic rings.